The van der Waals surface area contributed by atoms with Crippen LogP contribution in [0.3, 0.4) is 0 Å². The molecule has 90 valence electrons. The van der Waals surface area contributed by atoms with Crippen LogP contribution in [0.25, 0.3) is 0 Å². The van der Waals surface area contributed by atoms with Crippen molar-refractivity contribution in [3.8, 4) is 0 Å². The number of rotatable bonds is 2. The summed E-state index contributed by atoms with van der Waals surface area (Å²) in [4.78, 5) is 26.3. The van der Waals surface area contributed by atoms with E-state index in [0.717, 1.165) is 32.3 Å². The van der Waals surface area contributed by atoms with Gasteiger partial charge < -0.3 is 15.1 Å². The predicted octanol–water partition coefficient (Wildman–Crippen LogP) is -0.713. The van der Waals surface area contributed by atoms with E-state index >= 15 is 0 Å². The molecule has 2 rings (SSSR count). The van der Waals surface area contributed by atoms with Gasteiger partial charge in [-0.3, -0.25) is 9.59 Å². The molecule has 1 N–H and O–H groups in total. The van der Waals surface area contributed by atoms with Gasteiger partial charge in [-0.15, -0.1) is 0 Å². The Balaban J connectivity index is 1.83. The van der Waals surface area contributed by atoms with Crippen molar-refractivity contribution >= 4 is 12.3 Å². The number of nitrogens with zero attached hydrogens (tertiary/aromatic N) is 2. The maximum Gasteiger partial charge on any atom is 0.227 e. The summed E-state index contributed by atoms with van der Waals surface area (Å²) in [5.41, 5.74) is 0. The number of carbonyl (C=O) groups excluding carboxylic acids is 2. The molecule has 0 aromatic carbocycles. The largest absolute Gasteiger partial charge is 0.342 e. The molecule has 5 nitrogen and oxygen atoms in total. The fourth-order valence-electron chi connectivity index (χ4n) is 2.37. The number of nitrogens with one attached hydrogen (secondary N) is 1. The molecule has 2 aliphatic heterocycles. The van der Waals surface area contributed by atoms with Crippen molar-refractivity contribution < 1.29 is 9.59 Å². The number of piperazine rings is 1. The number of hydrogen-bond acceptors (Lipinski definition) is 3. The maximum absolute atomic E-state index is 12.1. The van der Waals surface area contributed by atoms with Crippen molar-refractivity contribution in [1.82, 2.24) is 15.1 Å². The minimum atomic E-state index is 0.150. The summed E-state index contributed by atoms with van der Waals surface area (Å²) < 4.78 is 0. The Hall–Kier alpha value is -1.10. The molecule has 2 aliphatic rings. The van der Waals surface area contributed by atoms with Gasteiger partial charge in [0.2, 0.25) is 12.3 Å². The van der Waals surface area contributed by atoms with Gasteiger partial charge in [0.25, 0.3) is 0 Å². The highest BCUT2D eigenvalue weighted by molar-refractivity contribution is 5.79. The van der Waals surface area contributed by atoms with Gasteiger partial charge in [-0.1, -0.05) is 0 Å². The molecule has 1 unspecified atom stereocenters. The van der Waals surface area contributed by atoms with Crippen LogP contribution in [0.5, 0.6) is 0 Å². The van der Waals surface area contributed by atoms with E-state index in [2.05, 4.69) is 5.32 Å². The van der Waals surface area contributed by atoms with Crippen molar-refractivity contribution in [3.63, 3.8) is 0 Å². The van der Waals surface area contributed by atoms with Crippen LogP contribution in [-0.4, -0.2) is 61.4 Å². The molecule has 0 aliphatic carbocycles. The van der Waals surface area contributed by atoms with E-state index < -0.39 is 0 Å². The van der Waals surface area contributed by atoms with Gasteiger partial charge in [0, 0.05) is 32.7 Å². The fourth-order valence-corrected chi connectivity index (χ4v) is 2.37. The monoisotopic (exact) mass is 225 g/mol. The highest BCUT2D eigenvalue weighted by Crippen LogP contribution is 2.14. The zero-order chi connectivity index (χ0) is 11.4. The second kappa shape index (κ2) is 5.30. The summed E-state index contributed by atoms with van der Waals surface area (Å²) in [6.45, 7) is 4.57. The lowest BCUT2D eigenvalue weighted by atomic mass is 9.98. The molecule has 1 atom stereocenters. The average Bonchev–Trinajstić information content (AvgIpc) is 2.39. The van der Waals surface area contributed by atoms with E-state index in [1.807, 2.05) is 4.90 Å². The third-order valence-electron chi connectivity index (χ3n) is 3.42. The molecule has 5 heteroatoms. The first kappa shape index (κ1) is 11.4. The molecule has 0 spiro atoms. The molecule has 0 saturated carbocycles. The van der Waals surface area contributed by atoms with E-state index in [1.165, 1.54) is 0 Å². The minimum absolute atomic E-state index is 0.150. The van der Waals surface area contributed by atoms with Crippen molar-refractivity contribution in [2.24, 2.45) is 5.92 Å². The van der Waals surface area contributed by atoms with Gasteiger partial charge in [0.1, 0.15) is 0 Å². The van der Waals surface area contributed by atoms with Crippen LogP contribution < -0.4 is 5.32 Å². The molecule has 0 radical (unpaired) electrons. The SMILES string of the molecule is O=CN1CCN(C(=O)C2CCCNC2)CC1. The molecule has 2 heterocycles. The first-order valence-electron chi connectivity index (χ1n) is 6.00. The Morgan fingerprint density at radius 3 is 2.56 bits per heavy atom. The highest BCUT2D eigenvalue weighted by atomic mass is 16.2. The quantitative estimate of drug-likeness (QED) is 0.631. The molecule has 2 fully saturated rings. The topological polar surface area (TPSA) is 52.7 Å². The van der Waals surface area contributed by atoms with Crippen molar-refractivity contribution in [2.45, 2.75) is 12.8 Å². The summed E-state index contributed by atoms with van der Waals surface area (Å²) in [6, 6.07) is 0. The van der Waals surface area contributed by atoms with E-state index in [9.17, 15) is 9.59 Å². The summed E-state index contributed by atoms with van der Waals surface area (Å²) in [7, 11) is 0. The molecule has 2 amide bonds. The third-order valence-corrected chi connectivity index (χ3v) is 3.42. The molecular formula is C11H19N3O2. The lowest BCUT2D eigenvalue weighted by Gasteiger charge is -2.35. The second-order valence-corrected chi connectivity index (χ2v) is 4.51. The zero-order valence-corrected chi connectivity index (χ0v) is 9.52. The smallest absolute Gasteiger partial charge is 0.227 e. The molecular weight excluding hydrogens is 206 g/mol. The van der Waals surface area contributed by atoms with Gasteiger partial charge >= 0.3 is 0 Å². The fraction of sp³-hybridized carbons (Fsp3) is 0.818. The first-order valence-corrected chi connectivity index (χ1v) is 6.00. The summed E-state index contributed by atoms with van der Waals surface area (Å²) in [6.07, 6.45) is 2.95. The number of carbonyl (C=O) groups is 2. The van der Waals surface area contributed by atoms with Crippen LogP contribution in [0.4, 0.5) is 0 Å². The van der Waals surface area contributed by atoms with Crippen LogP contribution in [0.1, 0.15) is 12.8 Å². The van der Waals surface area contributed by atoms with Crippen LogP contribution in [0.15, 0.2) is 0 Å². The molecule has 0 aromatic heterocycles. The number of hydrogen-bond donors (Lipinski definition) is 1. The normalized spacial score (nSPS) is 26.6. The highest BCUT2D eigenvalue weighted by Gasteiger charge is 2.27. The van der Waals surface area contributed by atoms with Crippen LogP contribution >= 0.6 is 0 Å². The van der Waals surface area contributed by atoms with Gasteiger partial charge in [-0.2, -0.15) is 0 Å². The van der Waals surface area contributed by atoms with Crippen LogP contribution in [-0.2, 0) is 9.59 Å². The molecule has 0 aromatic rings. The Kier molecular flexibility index (Phi) is 3.77. The number of amides is 2. The molecule has 16 heavy (non-hydrogen) atoms. The van der Waals surface area contributed by atoms with Crippen molar-refractivity contribution in [3.05, 3.63) is 0 Å². The van der Waals surface area contributed by atoms with E-state index in [0.29, 0.717) is 26.2 Å². The van der Waals surface area contributed by atoms with Gasteiger partial charge in [-0.05, 0) is 19.4 Å². The lowest BCUT2D eigenvalue weighted by molar-refractivity contribution is -0.139. The van der Waals surface area contributed by atoms with E-state index in [-0.39, 0.29) is 11.8 Å². The Bertz CT molecular complexity index is 256. The van der Waals surface area contributed by atoms with Gasteiger partial charge in [0.15, 0.2) is 0 Å². The standard InChI is InChI=1S/C11H19N3O2/c15-9-13-4-6-14(7-5-13)11(16)10-2-1-3-12-8-10/h9-10,12H,1-8H2. The van der Waals surface area contributed by atoms with Crippen LogP contribution in [0.2, 0.25) is 0 Å². The van der Waals surface area contributed by atoms with E-state index in [4.69, 9.17) is 0 Å². The van der Waals surface area contributed by atoms with Crippen LogP contribution in [0, 0.1) is 5.92 Å². The van der Waals surface area contributed by atoms with Crippen molar-refractivity contribution in [2.75, 3.05) is 39.3 Å². The minimum Gasteiger partial charge on any atom is -0.342 e. The van der Waals surface area contributed by atoms with Gasteiger partial charge in [-0.25, -0.2) is 0 Å². The maximum atomic E-state index is 12.1. The Labute approximate surface area is 95.8 Å². The summed E-state index contributed by atoms with van der Waals surface area (Å²) in [5, 5.41) is 3.26. The second-order valence-electron chi connectivity index (χ2n) is 4.51. The first-order chi connectivity index (χ1) is 7.81. The lowest BCUT2D eigenvalue weighted by Crippen LogP contribution is -2.51. The molecule has 0 bridgehead atoms. The summed E-state index contributed by atoms with van der Waals surface area (Å²) in [5.74, 6) is 0.411. The van der Waals surface area contributed by atoms with Gasteiger partial charge in [0.05, 0.1) is 5.92 Å². The predicted molar refractivity (Wildman–Crippen MR) is 59.8 cm³/mol. The third kappa shape index (κ3) is 2.52. The van der Waals surface area contributed by atoms with Crippen molar-refractivity contribution in [1.29, 1.82) is 0 Å². The Morgan fingerprint density at radius 1 is 1.25 bits per heavy atom. The zero-order valence-electron chi connectivity index (χ0n) is 9.52. The number of piperidine rings is 1. The summed E-state index contributed by atoms with van der Waals surface area (Å²) >= 11 is 0. The molecule has 2 saturated heterocycles. The van der Waals surface area contributed by atoms with E-state index in [1.54, 1.807) is 4.90 Å². The Morgan fingerprint density at radius 2 is 2.00 bits per heavy atom. The average molecular weight is 225 g/mol.